The van der Waals surface area contributed by atoms with E-state index in [4.69, 9.17) is 0 Å². The lowest BCUT2D eigenvalue weighted by Crippen LogP contribution is -2.51. The van der Waals surface area contributed by atoms with E-state index < -0.39 is 28.5 Å². The van der Waals surface area contributed by atoms with Gasteiger partial charge in [-0.25, -0.2) is 8.42 Å². The number of nitrogens with one attached hydrogen (secondary N) is 1. The average molecular weight is 603 g/mol. The molecule has 0 fully saturated rings. The van der Waals surface area contributed by atoms with Gasteiger partial charge in [0.25, 0.3) is 0 Å². The summed E-state index contributed by atoms with van der Waals surface area (Å²) >= 11 is 6.80. The fraction of sp³-hybridized carbons (Fsp3) is 0.391. The van der Waals surface area contributed by atoms with Crippen molar-refractivity contribution >= 4 is 59.4 Å². The minimum atomic E-state index is -3.75. The van der Waals surface area contributed by atoms with E-state index in [1.807, 2.05) is 38.1 Å². The zero-order valence-corrected chi connectivity index (χ0v) is 23.1. The van der Waals surface area contributed by atoms with Crippen molar-refractivity contribution in [3.05, 3.63) is 62.5 Å². The van der Waals surface area contributed by atoms with Crippen molar-refractivity contribution in [1.82, 2.24) is 10.2 Å². The number of sulfonamides is 1. The molecule has 2 aromatic carbocycles. The summed E-state index contributed by atoms with van der Waals surface area (Å²) < 4.78 is 28.0. The molecule has 0 aliphatic carbocycles. The second kappa shape index (κ2) is 12.0. The Bertz CT molecular complexity index is 1090. The highest BCUT2D eigenvalue weighted by atomic mass is 79.9. The summed E-state index contributed by atoms with van der Waals surface area (Å²) in [5, 5.41) is 2.81. The molecule has 1 N–H and O–H groups in total. The van der Waals surface area contributed by atoms with Gasteiger partial charge in [0.2, 0.25) is 21.8 Å². The molecule has 33 heavy (non-hydrogen) atoms. The molecule has 0 spiro atoms. The molecular weight excluding hydrogens is 574 g/mol. The maximum Gasteiger partial charge on any atom is 0.244 e. The van der Waals surface area contributed by atoms with Gasteiger partial charge in [0.1, 0.15) is 12.6 Å². The summed E-state index contributed by atoms with van der Waals surface area (Å²) in [5.41, 5.74) is 2.05. The standard InChI is InChI=1S/C23H29Br2N3O4S/c1-5-12-26-23(30)17(3)27(14-18-6-8-19(24)9-7-18)22(29)15-28(33(4,31)32)20-10-11-21(25)16(2)13-20/h6-11,13,17H,5,12,14-15H2,1-4H3,(H,26,30)/t17-/m0/s1. The van der Waals surface area contributed by atoms with E-state index in [9.17, 15) is 18.0 Å². The smallest absolute Gasteiger partial charge is 0.244 e. The molecule has 0 unspecified atom stereocenters. The zero-order valence-electron chi connectivity index (χ0n) is 19.1. The summed E-state index contributed by atoms with van der Waals surface area (Å²) in [7, 11) is -3.75. The van der Waals surface area contributed by atoms with Crippen molar-refractivity contribution in [3.8, 4) is 0 Å². The number of aryl methyl sites for hydroxylation is 1. The SMILES string of the molecule is CCCNC(=O)[C@H](C)N(Cc1ccc(Br)cc1)C(=O)CN(c1ccc(Br)c(C)c1)S(C)(=O)=O. The Balaban J connectivity index is 2.38. The summed E-state index contributed by atoms with van der Waals surface area (Å²) in [4.78, 5) is 27.5. The van der Waals surface area contributed by atoms with Gasteiger partial charge in [-0.3, -0.25) is 13.9 Å². The molecule has 2 aromatic rings. The van der Waals surface area contributed by atoms with Crippen LogP contribution in [0.2, 0.25) is 0 Å². The molecule has 180 valence electrons. The second-order valence-corrected chi connectivity index (χ2v) is 11.5. The van der Waals surface area contributed by atoms with Crippen LogP contribution in [0.15, 0.2) is 51.4 Å². The zero-order chi connectivity index (χ0) is 24.8. The summed E-state index contributed by atoms with van der Waals surface area (Å²) in [6, 6.07) is 11.7. The third-order valence-electron chi connectivity index (χ3n) is 5.09. The van der Waals surface area contributed by atoms with Gasteiger partial charge in [0.05, 0.1) is 11.9 Å². The molecule has 0 saturated carbocycles. The van der Waals surface area contributed by atoms with Crippen molar-refractivity contribution < 1.29 is 18.0 Å². The number of rotatable bonds is 10. The number of halogens is 2. The number of benzene rings is 2. The maximum absolute atomic E-state index is 13.4. The van der Waals surface area contributed by atoms with Gasteiger partial charge < -0.3 is 10.2 Å². The van der Waals surface area contributed by atoms with Crippen LogP contribution in [0, 0.1) is 6.92 Å². The average Bonchev–Trinajstić information content (AvgIpc) is 2.76. The molecule has 1 atom stereocenters. The first-order valence-corrected chi connectivity index (χ1v) is 13.9. The monoisotopic (exact) mass is 601 g/mol. The van der Waals surface area contributed by atoms with Gasteiger partial charge in [-0.2, -0.15) is 0 Å². The highest BCUT2D eigenvalue weighted by Gasteiger charge is 2.30. The summed E-state index contributed by atoms with van der Waals surface area (Å²) in [6.07, 6.45) is 1.83. The van der Waals surface area contributed by atoms with Crippen LogP contribution in [0.3, 0.4) is 0 Å². The van der Waals surface area contributed by atoms with Gasteiger partial charge in [-0.05, 0) is 61.7 Å². The fourth-order valence-electron chi connectivity index (χ4n) is 3.16. The van der Waals surface area contributed by atoms with Crippen molar-refractivity contribution in [1.29, 1.82) is 0 Å². The van der Waals surface area contributed by atoms with Crippen molar-refractivity contribution in [3.63, 3.8) is 0 Å². The molecule has 2 amide bonds. The van der Waals surface area contributed by atoms with E-state index in [1.54, 1.807) is 25.1 Å². The van der Waals surface area contributed by atoms with Crippen LogP contribution in [0.1, 0.15) is 31.4 Å². The third-order valence-corrected chi connectivity index (χ3v) is 7.65. The Hall–Kier alpha value is -1.91. The third kappa shape index (κ3) is 7.82. The van der Waals surface area contributed by atoms with Gasteiger partial charge in [0, 0.05) is 22.0 Å². The second-order valence-electron chi connectivity index (χ2n) is 7.82. The lowest BCUT2D eigenvalue weighted by molar-refractivity contribution is -0.139. The number of hydrogen-bond acceptors (Lipinski definition) is 4. The molecule has 0 saturated heterocycles. The Labute approximate surface area is 212 Å². The van der Waals surface area contributed by atoms with Crippen LogP contribution in [0.25, 0.3) is 0 Å². The minimum absolute atomic E-state index is 0.170. The number of carbonyl (C=O) groups is 2. The molecule has 0 aliphatic heterocycles. The molecular formula is C23H29Br2N3O4S. The van der Waals surface area contributed by atoms with E-state index in [2.05, 4.69) is 37.2 Å². The number of amides is 2. The van der Waals surface area contributed by atoms with Gasteiger partial charge in [0.15, 0.2) is 0 Å². The van der Waals surface area contributed by atoms with Crippen LogP contribution in [0.4, 0.5) is 5.69 Å². The molecule has 0 aromatic heterocycles. The predicted octanol–water partition coefficient (Wildman–Crippen LogP) is 4.23. The number of hydrogen-bond donors (Lipinski definition) is 1. The van der Waals surface area contributed by atoms with E-state index in [-0.39, 0.29) is 12.5 Å². The number of anilines is 1. The van der Waals surface area contributed by atoms with Crippen molar-refractivity contribution in [2.24, 2.45) is 0 Å². The van der Waals surface area contributed by atoms with Crippen LogP contribution in [-0.2, 0) is 26.2 Å². The minimum Gasteiger partial charge on any atom is -0.354 e. The molecule has 0 radical (unpaired) electrons. The quantitative estimate of drug-likeness (QED) is 0.441. The van der Waals surface area contributed by atoms with Gasteiger partial charge in [-0.1, -0.05) is 50.9 Å². The lowest BCUT2D eigenvalue weighted by atomic mass is 10.1. The molecule has 10 heteroatoms. The number of carbonyl (C=O) groups excluding carboxylic acids is 2. The fourth-order valence-corrected chi connectivity index (χ4v) is 4.52. The van der Waals surface area contributed by atoms with Crippen LogP contribution >= 0.6 is 31.9 Å². The van der Waals surface area contributed by atoms with E-state index in [1.165, 1.54) is 4.90 Å². The van der Waals surface area contributed by atoms with Crippen molar-refractivity contribution in [2.75, 3.05) is 23.7 Å². The summed E-state index contributed by atoms with van der Waals surface area (Å²) in [6.45, 7) is 5.69. The summed E-state index contributed by atoms with van der Waals surface area (Å²) in [5.74, 6) is -0.754. The van der Waals surface area contributed by atoms with E-state index in [0.29, 0.717) is 12.2 Å². The van der Waals surface area contributed by atoms with Crippen LogP contribution < -0.4 is 9.62 Å². The normalized spacial score (nSPS) is 12.2. The largest absolute Gasteiger partial charge is 0.354 e. The Kier molecular flexibility index (Phi) is 9.93. The lowest BCUT2D eigenvalue weighted by Gasteiger charge is -2.31. The van der Waals surface area contributed by atoms with E-state index in [0.717, 1.165) is 37.1 Å². The Morgan fingerprint density at radius 3 is 2.27 bits per heavy atom. The van der Waals surface area contributed by atoms with Crippen LogP contribution in [-0.4, -0.2) is 50.5 Å². The first-order valence-electron chi connectivity index (χ1n) is 10.5. The van der Waals surface area contributed by atoms with Gasteiger partial charge >= 0.3 is 0 Å². The predicted molar refractivity (Wildman–Crippen MR) is 139 cm³/mol. The molecule has 0 aliphatic rings. The molecule has 7 nitrogen and oxygen atoms in total. The highest BCUT2D eigenvalue weighted by Crippen LogP contribution is 2.25. The Morgan fingerprint density at radius 1 is 1.09 bits per heavy atom. The van der Waals surface area contributed by atoms with E-state index >= 15 is 0 Å². The Morgan fingerprint density at radius 2 is 1.73 bits per heavy atom. The molecule has 0 bridgehead atoms. The topological polar surface area (TPSA) is 86.8 Å². The first-order chi connectivity index (χ1) is 15.4. The van der Waals surface area contributed by atoms with Crippen molar-refractivity contribution in [2.45, 2.75) is 39.8 Å². The maximum atomic E-state index is 13.4. The number of nitrogens with zero attached hydrogens (tertiary/aromatic N) is 2. The molecule has 0 heterocycles. The molecule has 2 rings (SSSR count). The van der Waals surface area contributed by atoms with Crippen LogP contribution in [0.5, 0.6) is 0 Å². The first kappa shape index (κ1) is 27.3. The highest BCUT2D eigenvalue weighted by molar-refractivity contribution is 9.10. The van der Waals surface area contributed by atoms with Gasteiger partial charge in [-0.15, -0.1) is 0 Å².